The van der Waals surface area contributed by atoms with Gasteiger partial charge in [-0.3, -0.25) is 14.6 Å². The van der Waals surface area contributed by atoms with Gasteiger partial charge >= 0.3 is 0 Å². The Morgan fingerprint density at radius 3 is 2.56 bits per heavy atom. The first-order chi connectivity index (χ1) is 12.1. The molecule has 1 saturated heterocycles. The number of carbonyl (C=O) groups excluding carboxylic acids is 2. The summed E-state index contributed by atoms with van der Waals surface area (Å²) in [6.07, 6.45) is 6.19. The van der Waals surface area contributed by atoms with Gasteiger partial charge in [0.1, 0.15) is 0 Å². The molecule has 2 amide bonds. The standard InChI is InChI=1S/C19H20ClN3O2/c20-17-7-3-2-6-14(17)13-22-18(24)15-10-16(12-21-11-15)19(25)23-8-4-1-5-9-23/h2-3,6-7,10-12H,1,4-5,8-9,13H2,(H,22,24). The van der Waals surface area contributed by atoms with Gasteiger partial charge in [-0.2, -0.15) is 0 Å². The van der Waals surface area contributed by atoms with Crippen molar-refractivity contribution in [1.82, 2.24) is 15.2 Å². The van der Waals surface area contributed by atoms with E-state index in [1.165, 1.54) is 12.4 Å². The number of halogens is 1. The van der Waals surface area contributed by atoms with Crippen molar-refractivity contribution in [2.45, 2.75) is 25.8 Å². The monoisotopic (exact) mass is 357 g/mol. The molecule has 5 nitrogen and oxygen atoms in total. The third-order valence-corrected chi connectivity index (χ3v) is 4.66. The van der Waals surface area contributed by atoms with E-state index in [4.69, 9.17) is 11.6 Å². The number of hydrogen-bond donors (Lipinski definition) is 1. The highest BCUT2D eigenvalue weighted by molar-refractivity contribution is 6.31. The minimum atomic E-state index is -0.277. The predicted molar refractivity (Wildman–Crippen MR) is 96.6 cm³/mol. The van der Waals surface area contributed by atoms with Crippen LogP contribution in [-0.2, 0) is 6.54 Å². The molecule has 1 aliphatic rings. The van der Waals surface area contributed by atoms with Gasteiger partial charge in [0.2, 0.25) is 0 Å². The van der Waals surface area contributed by atoms with Crippen molar-refractivity contribution in [2.24, 2.45) is 0 Å². The fourth-order valence-corrected chi connectivity index (χ4v) is 3.08. The van der Waals surface area contributed by atoms with Crippen molar-refractivity contribution in [2.75, 3.05) is 13.1 Å². The van der Waals surface area contributed by atoms with Gasteiger partial charge < -0.3 is 10.2 Å². The van der Waals surface area contributed by atoms with Crippen LogP contribution in [0.3, 0.4) is 0 Å². The Morgan fingerprint density at radius 2 is 1.80 bits per heavy atom. The topological polar surface area (TPSA) is 62.3 Å². The third-order valence-electron chi connectivity index (χ3n) is 4.29. The molecule has 1 fully saturated rings. The minimum Gasteiger partial charge on any atom is -0.348 e. The molecular weight excluding hydrogens is 338 g/mol. The Labute approximate surface area is 152 Å². The van der Waals surface area contributed by atoms with E-state index in [-0.39, 0.29) is 11.8 Å². The second-order valence-corrected chi connectivity index (χ2v) is 6.50. The summed E-state index contributed by atoms with van der Waals surface area (Å²) >= 11 is 6.09. The molecule has 1 aliphatic heterocycles. The van der Waals surface area contributed by atoms with Crippen molar-refractivity contribution >= 4 is 23.4 Å². The molecule has 0 radical (unpaired) electrons. The molecule has 0 saturated carbocycles. The highest BCUT2D eigenvalue weighted by atomic mass is 35.5. The normalized spacial score (nSPS) is 14.2. The Balaban J connectivity index is 1.67. The largest absolute Gasteiger partial charge is 0.348 e. The van der Waals surface area contributed by atoms with E-state index in [0.717, 1.165) is 37.9 Å². The number of piperidine rings is 1. The van der Waals surface area contributed by atoms with Crippen molar-refractivity contribution in [3.05, 3.63) is 64.4 Å². The van der Waals surface area contributed by atoms with Crippen molar-refractivity contribution in [1.29, 1.82) is 0 Å². The lowest BCUT2D eigenvalue weighted by molar-refractivity contribution is 0.0724. The lowest BCUT2D eigenvalue weighted by Gasteiger charge is -2.26. The Bertz CT molecular complexity index is 773. The van der Waals surface area contributed by atoms with E-state index in [1.54, 1.807) is 12.1 Å². The zero-order valence-corrected chi connectivity index (χ0v) is 14.6. The number of pyridine rings is 1. The van der Waals surface area contributed by atoms with Gasteiger partial charge in [0.15, 0.2) is 0 Å². The molecule has 1 aromatic heterocycles. The van der Waals surface area contributed by atoms with E-state index in [2.05, 4.69) is 10.3 Å². The first-order valence-electron chi connectivity index (χ1n) is 8.41. The second-order valence-electron chi connectivity index (χ2n) is 6.09. The van der Waals surface area contributed by atoms with Crippen LogP contribution < -0.4 is 5.32 Å². The van der Waals surface area contributed by atoms with E-state index in [0.29, 0.717) is 22.7 Å². The molecule has 0 atom stereocenters. The van der Waals surface area contributed by atoms with Gasteiger partial charge in [-0.15, -0.1) is 0 Å². The molecule has 25 heavy (non-hydrogen) atoms. The van der Waals surface area contributed by atoms with Gasteiger partial charge in [0.05, 0.1) is 11.1 Å². The van der Waals surface area contributed by atoms with Crippen LogP contribution in [0.5, 0.6) is 0 Å². The first kappa shape index (κ1) is 17.4. The lowest BCUT2D eigenvalue weighted by atomic mass is 10.1. The van der Waals surface area contributed by atoms with Crippen LogP contribution in [0.15, 0.2) is 42.7 Å². The van der Waals surface area contributed by atoms with Gasteiger partial charge in [-0.25, -0.2) is 0 Å². The second kappa shape index (κ2) is 8.12. The van der Waals surface area contributed by atoms with Gasteiger partial charge in [-0.05, 0) is 37.0 Å². The molecule has 0 bridgehead atoms. The van der Waals surface area contributed by atoms with Crippen LogP contribution in [-0.4, -0.2) is 34.8 Å². The maximum absolute atomic E-state index is 12.5. The molecule has 6 heteroatoms. The van der Waals surface area contributed by atoms with Crippen molar-refractivity contribution in [3.8, 4) is 0 Å². The quantitative estimate of drug-likeness (QED) is 0.913. The molecule has 2 aromatic rings. The molecule has 0 spiro atoms. The van der Waals surface area contributed by atoms with Crippen molar-refractivity contribution in [3.63, 3.8) is 0 Å². The highest BCUT2D eigenvalue weighted by Gasteiger charge is 2.19. The maximum Gasteiger partial charge on any atom is 0.255 e. The molecule has 1 aromatic carbocycles. The van der Waals surface area contributed by atoms with Crippen LogP contribution in [0.25, 0.3) is 0 Å². The number of carbonyl (C=O) groups is 2. The van der Waals surface area contributed by atoms with Crippen LogP contribution >= 0.6 is 11.6 Å². The summed E-state index contributed by atoms with van der Waals surface area (Å²) in [6, 6.07) is 8.95. The van der Waals surface area contributed by atoms with Crippen LogP contribution in [0, 0.1) is 0 Å². The van der Waals surface area contributed by atoms with E-state index >= 15 is 0 Å². The molecule has 3 rings (SSSR count). The molecule has 130 valence electrons. The fourth-order valence-electron chi connectivity index (χ4n) is 2.88. The zero-order valence-electron chi connectivity index (χ0n) is 13.9. The molecule has 0 unspecified atom stereocenters. The van der Waals surface area contributed by atoms with E-state index in [1.807, 2.05) is 23.1 Å². The van der Waals surface area contributed by atoms with Crippen molar-refractivity contribution < 1.29 is 9.59 Å². The maximum atomic E-state index is 12.5. The van der Waals surface area contributed by atoms with Gasteiger partial charge in [0.25, 0.3) is 11.8 Å². The van der Waals surface area contributed by atoms with E-state index in [9.17, 15) is 9.59 Å². The first-order valence-corrected chi connectivity index (χ1v) is 8.79. The average Bonchev–Trinajstić information content (AvgIpc) is 2.67. The predicted octanol–water partition coefficient (Wildman–Crippen LogP) is 3.29. The number of hydrogen-bond acceptors (Lipinski definition) is 3. The lowest BCUT2D eigenvalue weighted by Crippen LogP contribution is -2.35. The van der Waals surface area contributed by atoms with Gasteiger partial charge in [-0.1, -0.05) is 29.8 Å². The summed E-state index contributed by atoms with van der Waals surface area (Å²) in [4.78, 5) is 30.8. The summed E-state index contributed by atoms with van der Waals surface area (Å²) in [5.41, 5.74) is 1.66. The Morgan fingerprint density at radius 1 is 1.08 bits per heavy atom. The van der Waals surface area contributed by atoms with Crippen LogP contribution in [0.1, 0.15) is 45.5 Å². The van der Waals surface area contributed by atoms with Crippen LogP contribution in [0.2, 0.25) is 5.02 Å². The smallest absolute Gasteiger partial charge is 0.255 e. The number of likely N-dealkylation sites (tertiary alicyclic amines) is 1. The zero-order chi connectivity index (χ0) is 17.6. The number of nitrogens with zero attached hydrogens (tertiary/aromatic N) is 2. The number of amides is 2. The fraction of sp³-hybridized carbons (Fsp3) is 0.316. The number of benzene rings is 1. The summed E-state index contributed by atoms with van der Waals surface area (Å²) < 4.78 is 0. The molecular formula is C19H20ClN3O2. The highest BCUT2D eigenvalue weighted by Crippen LogP contribution is 2.15. The van der Waals surface area contributed by atoms with E-state index < -0.39 is 0 Å². The molecule has 0 aliphatic carbocycles. The third kappa shape index (κ3) is 4.37. The Kier molecular flexibility index (Phi) is 5.66. The average molecular weight is 358 g/mol. The summed E-state index contributed by atoms with van der Waals surface area (Å²) in [6.45, 7) is 1.85. The minimum absolute atomic E-state index is 0.0621. The number of nitrogens with one attached hydrogen (secondary N) is 1. The van der Waals surface area contributed by atoms with Crippen LogP contribution in [0.4, 0.5) is 0 Å². The Hall–Kier alpha value is -2.40. The summed E-state index contributed by atoms with van der Waals surface area (Å²) in [5.74, 6) is -0.339. The number of rotatable bonds is 4. The SMILES string of the molecule is O=C(NCc1ccccc1Cl)c1cncc(C(=O)N2CCCCC2)c1. The molecule has 1 N–H and O–H groups in total. The molecule has 2 heterocycles. The summed E-state index contributed by atoms with van der Waals surface area (Å²) in [5, 5.41) is 3.42. The van der Waals surface area contributed by atoms with Gasteiger partial charge in [0, 0.05) is 37.1 Å². The number of aromatic nitrogens is 1. The summed E-state index contributed by atoms with van der Waals surface area (Å²) in [7, 11) is 0.